The Labute approximate surface area is 187 Å². The lowest BCUT2D eigenvalue weighted by molar-refractivity contribution is -0.197. The quantitative estimate of drug-likeness (QED) is 0.385. The van der Waals surface area contributed by atoms with Crippen molar-refractivity contribution in [3.05, 3.63) is 119 Å². The fraction of sp³-hybridized carbons (Fsp3) is 0.185. The number of hydrogen-bond acceptors (Lipinski definition) is 5. The van der Waals surface area contributed by atoms with E-state index in [4.69, 9.17) is 9.57 Å². The second-order valence-electron chi connectivity index (χ2n) is 7.66. The molecule has 1 aliphatic rings. The number of nitrogens with zero attached hydrogens (tertiary/aromatic N) is 1. The highest BCUT2D eigenvalue weighted by Crippen LogP contribution is 2.32. The fourth-order valence-electron chi connectivity index (χ4n) is 3.87. The molecule has 0 unspecified atom stereocenters. The third-order valence-electron chi connectivity index (χ3n) is 5.55. The van der Waals surface area contributed by atoms with E-state index in [9.17, 15) is 9.59 Å². The summed E-state index contributed by atoms with van der Waals surface area (Å²) in [6.45, 7) is 0.848. The second-order valence-corrected chi connectivity index (χ2v) is 7.66. The highest BCUT2D eigenvalue weighted by Gasteiger charge is 2.36. The molecule has 5 nitrogen and oxygen atoms in total. The smallest absolute Gasteiger partial charge is 0.337 e. The molecule has 5 heteroatoms. The summed E-state index contributed by atoms with van der Waals surface area (Å²) < 4.78 is 4.78. The first kappa shape index (κ1) is 21.7. The van der Waals surface area contributed by atoms with E-state index in [1.54, 1.807) is 18.2 Å². The molecule has 3 aromatic rings. The summed E-state index contributed by atoms with van der Waals surface area (Å²) in [5, 5.41) is 1.86. The van der Waals surface area contributed by atoms with Crippen LogP contribution in [-0.2, 0) is 27.5 Å². The molecule has 2 atom stereocenters. The maximum atomic E-state index is 12.7. The Hall–Kier alpha value is -3.54. The Balaban J connectivity index is 1.59. The molecule has 162 valence electrons. The molecule has 0 radical (unpaired) electrons. The first-order chi connectivity index (χ1) is 15.7. The summed E-state index contributed by atoms with van der Waals surface area (Å²) in [5.41, 5.74) is 3.46. The summed E-state index contributed by atoms with van der Waals surface area (Å²) in [4.78, 5) is 30.7. The number of ether oxygens (including phenoxy) is 1. The van der Waals surface area contributed by atoms with Gasteiger partial charge in [-0.05, 0) is 34.9 Å². The Bertz CT molecular complexity index is 1080. The Morgan fingerprint density at radius 2 is 1.53 bits per heavy atom. The van der Waals surface area contributed by atoms with E-state index < -0.39 is 0 Å². The van der Waals surface area contributed by atoms with Crippen LogP contribution in [0.3, 0.4) is 0 Å². The number of allylic oxidation sites excluding steroid dienone is 1. The van der Waals surface area contributed by atoms with Crippen molar-refractivity contribution >= 4 is 11.8 Å². The monoisotopic (exact) mass is 427 g/mol. The van der Waals surface area contributed by atoms with Gasteiger partial charge in [0.25, 0.3) is 0 Å². The number of rotatable bonds is 8. The molecule has 0 N–H and O–H groups in total. The molecule has 0 amide bonds. The second kappa shape index (κ2) is 10.2. The third-order valence-corrected chi connectivity index (χ3v) is 5.55. The van der Waals surface area contributed by atoms with Gasteiger partial charge in [-0.3, -0.25) is 9.63 Å². The summed E-state index contributed by atoms with van der Waals surface area (Å²) >= 11 is 0. The van der Waals surface area contributed by atoms with Crippen LogP contribution in [0.5, 0.6) is 0 Å². The Kier molecular flexibility index (Phi) is 6.90. The minimum Gasteiger partial charge on any atom is -0.465 e. The zero-order chi connectivity index (χ0) is 22.3. The summed E-state index contributed by atoms with van der Waals surface area (Å²) in [6.07, 6.45) is 3.55. The zero-order valence-corrected chi connectivity index (χ0v) is 17.9. The zero-order valence-electron chi connectivity index (χ0n) is 17.9. The van der Waals surface area contributed by atoms with Crippen molar-refractivity contribution in [3.63, 3.8) is 0 Å². The maximum absolute atomic E-state index is 12.7. The average Bonchev–Trinajstić information content (AvgIpc) is 3.24. The number of carbonyl (C=O) groups is 2. The molecule has 0 bridgehead atoms. The largest absolute Gasteiger partial charge is 0.465 e. The molecule has 0 saturated heterocycles. The molecule has 0 aromatic heterocycles. The van der Waals surface area contributed by atoms with Crippen molar-refractivity contribution in [1.29, 1.82) is 0 Å². The molecule has 32 heavy (non-hydrogen) atoms. The van der Waals surface area contributed by atoms with Gasteiger partial charge in [0.05, 0.1) is 31.2 Å². The average molecular weight is 428 g/mol. The van der Waals surface area contributed by atoms with Gasteiger partial charge in [-0.2, -0.15) is 5.06 Å². The first-order valence-corrected chi connectivity index (χ1v) is 10.5. The van der Waals surface area contributed by atoms with E-state index in [0.29, 0.717) is 18.7 Å². The van der Waals surface area contributed by atoms with Gasteiger partial charge in [0.2, 0.25) is 0 Å². The van der Waals surface area contributed by atoms with E-state index in [2.05, 4.69) is 0 Å². The van der Waals surface area contributed by atoms with Crippen molar-refractivity contribution in [2.45, 2.75) is 25.1 Å². The normalized spacial score (nSPS) is 17.6. The van der Waals surface area contributed by atoms with Gasteiger partial charge in [-0.1, -0.05) is 78.9 Å². The molecule has 0 aliphatic heterocycles. The van der Waals surface area contributed by atoms with Gasteiger partial charge in [0, 0.05) is 6.54 Å². The van der Waals surface area contributed by atoms with E-state index in [1.165, 1.54) is 7.11 Å². The minimum absolute atomic E-state index is 0.0653. The van der Waals surface area contributed by atoms with Crippen molar-refractivity contribution < 1.29 is 19.2 Å². The van der Waals surface area contributed by atoms with Gasteiger partial charge in [0.15, 0.2) is 5.78 Å². The molecular weight excluding hydrogens is 402 g/mol. The van der Waals surface area contributed by atoms with E-state index in [0.717, 1.165) is 16.7 Å². The molecule has 0 heterocycles. The van der Waals surface area contributed by atoms with E-state index in [-0.39, 0.29) is 23.7 Å². The van der Waals surface area contributed by atoms with Gasteiger partial charge in [-0.15, -0.1) is 0 Å². The van der Waals surface area contributed by atoms with Gasteiger partial charge >= 0.3 is 5.97 Å². The van der Waals surface area contributed by atoms with E-state index >= 15 is 0 Å². The Morgan fingerprint density at radius 3 is 2.19 bits per heavy atom. The van der Waals surface area contributed by atoms with Crippen LogP contribution >= 0.6 is 0 Å². The predicted octanol–water partition coefficient (Wildman–Crippen LogP) is 4.70. The molecule has 1 aliphatic carbocycles. The summed E-state index contributed by atoms with van der Waals surface area (Å²) in [5.74, 6) is -0.640. The van der Waals surface area contributed by atoms with Crippen molar-refractivity contribution in [2.24, 2.45) is 0 Å². The van der Waals surface area contributed by atoms with Crippen molar-refractivity contribution in [1.82, 2.24) is 5.06 Å². The predicted molar refractivity (Wildman–Crippen MR) is 122 cm³/mol. The minimum atomic E-state index is -0.373. The molecular formula is C27H25NO4. The van der Waals surface area contributed by atoms with Gasteiger partial charge in [0.1, 0.15) is 0 Å². The highest BCUT2D eigenvalue weighted by atomic mass is 16.7. The maximum Gasteiger partial charge on any atom is 0.337 e. The van der Waals surface area contributed by atoms with Crippen LogP contribution in [0.2, 0.25) is 0 Å². The van der Waals surface area contributed by atoms with Gasteiger partial charge < -0.3 is 4.74 Å². The van der Waals surface area contributed by atoms with E-state index in [1.807, 2.05) is 83.9 Å². The van der Waals surface area contributed by atoms with Gasteiger partial charge in [-0.25, -0.2) is 4.79 Å². The first-order valence-electron chi connectivity index (χ1n) is 10.5. The topological polar surface area (TPSA) is 55.8 Å². The van der Waals surface area contributed by atoms with Crippen LogP contribution < -0.4 is 0 Å². The number of benzene rings is 3. The molecule has 0 fully saturated rings. The number of esters is 1. The van der Waals surface area contributed by atoms with Crippen LogP contribution in [-0.4, -0.2) is 30.0 Å². The van der Waals surface area contributed by atoms with Crippen molar-refractivity contribution in [3.8, 4) is 0 Å². The summed E-state index contributed by atoms with van der Waals surface area (Å²) in [7, 11) is 1.36. The Morgan fingerprint density at radius 1 is 0.875 bits per heavy atom. The SMILES string of the molecule is COC(=O)c1ccc(CN(OCc2ccccc2)[C@@H]2C=CC(=O)[C@H]2c2ccccc2)cc1. The standard InChI is InChI=1S/C27H25NO4/c1-31-27(30)23-14-12-20(13-15-23)18-28(32-19-21-8-4-2-5-9-21)24-16-17-25(29)26(24)22-10-6-3-7-11-22/h2-17,24,26H,18-19H2,1H3/t24-,26+/m1/s1. The molecule has 3 aromatic carbocycles. The fourth-order valence-corrected chi connectivity index (χ4v) is 3.87. The molecule has 0 saturated carbocycles. The number of hydroxylamine groups is 2. The van der Waals surface area contributed by atoms with Crippen LogP contribution in [0.25, 0.3) is 0 Å². The van der Waals surface area contributed by atoms with Crippen molar-refractivity contribution in [2.75, 3.05) is 7.11 Å². The summed E-state index contributed by atoms with van der Waals surface area (Å²) in [6, 6.07) is 26.7. The lowest BCUT2D eigenvalue weighted by Gasteiger charge is -2.31. The number of ketones is 1. The molecule has 0 spiro atoms. The van der Waals surface area contributed by atoms with Crippen LogP contribution in [0.15, 0.2) is 97.1 Å². The number of hydrogen-bond donors (Lipinski definition) is 0. The number of carbonyl (C=O) groups excluding carboxylic acids is 2. The molecule has 4 rings (SSSR count). The van der Waals surface area contributed by atoms with Crippen LogP contribution in [0.4, 0.5) is 0 Å². The van der Waals surface area contributed by atoms with Crippen LogP contribution in [0.1, 0.15) is 33.0 Å². The number of methoxy groups -OCH3 is 1. The third kappa shape index (κ3) is 5.02. The highest BCUT2D eigenvalue weighted by molar-refractivity contribution is 5.99. The lowest BCUT2D eigenvalue weighted by atomic mass is 9.92. The lowest BCUT2D eigenvalue weighted by Crippen LogP contribution is -2.37. The van der Waals surface area contributed by atoms with Crippen LogP contribution in [0, 0.1) is 0 Å².